The number of aryl methyl sites for hydroxylation is 1. The maximum absolute atomic E-state index is 13.2. The van der Waals surface area contributed by atoms with Gasteiger partial charge in [-0.1, -0.05) is 62.2 Å². The van der Waals surface area contributed by atoms with E-state index in [0.29, 0.717) is 22.8 Å². The van der Waals surface area contributed by atoms with Gasteiger partial charge in [0.1, 0.15) is 5.78 Å². The molecule has 0 bridgehead atoms. The highest BCUT2D eigenvalue weighted by Gasteiger charge is 2.51. The molecule has 2 aromatic carbocycles. The number of nitrogens with zero attached hydrogens (tertiary/aromatic N) is 1. The molecule has 1 aliphatic heterocycles. The minimum absolute atomic E-state index is 0.179. The van der Waals surface area contributed by atoms with Gasteiger partial charge in [-0.2, -0.15) is 0 Å². The summed E-state index contributed by atoms with van der Waals surface area (Å²) in [5, 5.41) is 11.7. The topological polar surface area (TPSA) is 57.6 Å². The normalized spacial score (nSPS) is 19.3. The zero-order chi connectivity index (χ0) is 20.0. The number of halogens is 1. The smallest absolute Gasteiger partial charge is 0.264 e. The van der Waals surface area contributed by atoms with E-state index in [1.165, 1.54) is 4.90 Å². The van der Waals surface area contributed by atoms with Crippen LogP contribution < -0.4 is 4.90 Å². The van der Waals surface area contributed by atoms with Gasteiger partial charge in [-0.25, -0.2) is 0 Å². The largest absolute Gasteiger partial charge is 0.375 e. The molecule has 4 nitrogen and oxygen atoms in total. The van der Waals surface area contributed by atoms with Gasteiger partial charge in [-0.15, -0.1) is 0 Å². The Morgan fingerprint density at radius 3 is 2.37 bits per heavy atom. The van der Waals surface area contributed by atoms with Crippen LogP contribution in [-0.2, 0) is 21.7 Å². The van der Waals surface area contributed by atoms with E-state index in [0.717, 1.165) is 11.1 Å². The molecule has 0 spiro atoms. The number of carbonyl (C=O) groups is 2. The predicted molar refractivity (Wildman–Crippen MR) is 107 cm³/mol. The Kier molecular flexibility index (Phi) is 4.91. The highest BCUT2D eigenvalue weighted by atomic mass is 35.5. The first-order valence-electron chi connectivity index (χ1n) is 8.95. The average molecular weight is 386 g/mol. The maximum Gasteiger partial charge on any atom is 0.264 e. The molecule has 0 aromatic heterocycles. The number of ketones is 1. The molecule has 1 heterocycles. The summed E-state index contributed by atoms with van der Waals surface area (Å²) < 4.78 is 0. The van der Waals surface area contributed by atoms with Crippen molar-refractivity contribution in [2.45, 2.75) is 46.3 Å². The summed E-state index contributed by atoms with van der Waals surface area (Å²) in [5.41, 5.74) is 0.514. The fourth-order valence-corrected chi connectivity index (χ4v) is 3.40. The first-order valence-corrected chi connectivity index (χ1v) is 9.33. The molecule has 0 saturated carbocycles. The number of hydrogen-bond donors (Lipinski definition) is 1. The van der Waals surface area contributed by atoms with E-state index in [4.69, 9.17) is 11.6 Å². The zero-order valence-electron chi connectivity index (χ0n) is 16.0. The summed E-state index contributed by atoms with van der Waals surface area (Å²) in [6.07, 6.45) is -0.271. The molecule has 0 radical (unpaired) electrons. The van der Waals surface area contributed by atoms with Gasteiger partial charge in [0.25, 0.3) is 5.91 Å². The van der Waals surface area contributed by atoms with Gasteiger partial charge < -0.3 is 10.0 Å². The number of aliphatic hydroxyl groups is 1. The van der Waals surface area contributed by atoms with Crippen molar-refractivity contribution in [3.05, 3.63) is 64.2 Å². The summed E-state index contributed by atoms with van der Waals surface area (Å²) >= 11 is 6.12. The Balaban J connectivity index is 2.02. The third kappa shape index (κ3) is 3.64. The van der Waals surface area contributed by atoms with Crippen LogP contribution in [0.5, 0.6) is 0 Å². The number of rotatable bonds is 4. The summed E-state index contributed by atoms with van der Waals surface area (Å²) in [6, 6.07) is 12.9. The number of hydrogen-bond acceptors (Lipinski definition) is 3. The van der Waals surface area contributed by atoms with Gasteiger partial charge in [0.15, 0.2) is 5.60 Å². The van der Waals surface area contributed by atoms with Crippen molar-refractivity contribution in [2.24, 2.45) is 5.41 Å². The Morgan fingerprint density at radius 1 is 1.15 bits per heavy atom. The molecule has 0 fully saturated rings. The van der Waals surface area contributed by atoms with Gasteiger partial charge in [0.2, 0.25) is 0 Å². The van der Waals surface area contributed by atoms with Gasteiger partial charge in [0.05, 0.1) is 12.2 Å². The lowest BCUT2D eigenvalue weighted by Crippen LogP contribution is -2.43. The van der Waals surface area contributed by atoms with E-state index < -0.39 is 16.9 Å². The molecule has 2 aromatic rings. The second-order valence-electron chi connectivity index (χ2n) is 8.25. The molecule has 1 amide bonds. The highest BCUT2D eigenvalue weighted by Crippen LogP contribution is 2.45. The Labute approximate surface area is 164 Å². The van der Waals surface area contributed by atoms with Crippen LogP contribution in [0, 0.1) is 12.3 Å². The third-order valence-corrected chi connectivity index (χ3v) is 5.24. The van der Waals surface area contributed by atoms with Crippen molar-refractivity contribution < 1.29 is 14.7 Å². The Morgan fingerprint density at radius 2 is 1.78 bits per heavy atom. The number of fused-ring (bicyclic) bond motifs is 1. The van der Waals surface area contributed by atoms with E-state index in [2.05, 4.69) is 0 Å². The molecule has 1 atom stereocenters. The first-order chi connectivity index (χ1) is 12.5. The van der Waals surface area contributed by atoms with Crippen LogP contribution in [-0.4, -0.2) is 16.8 Å². The zero-order valence-corrected chi connectivity index (χ0v) is 16.8. The van der Waals surface area contributed by atoms with Crippen LogP contribution in [0.2, 0.25) is 5.02 Å². The molecular weight excluding hydrogens is 362 g/mol. The van der Waals surface area contributed by atoms with Gasteiger partial charge >= 0.3 is 0 Å². The van der Waals surface area contributed by atoms with Crippen LogP contribution in [0.1, 0.15) is 43.9 Å². The lowest BCUT2D eigenvalue weighted by molar-refractivity contribution is -0.144. The summed E-state index contributed by atoms with van der Waals surface area (Å²) in [5.74, 6) is -0.667. The minimum atomic E-state index is -1.89. The lowest BCUT2D eigenvalue weighted by atomic mass is 9.81. The summed E-state index contributed by atoms with van der Waals surface area (Å²) in [4.78, 5) is 27.3. The van der Waals surface area contributed by atoms with Crippen molar-refractivity contribution in [3.8, 4) is 0 Å². The summed E-state index contributed by atoms with van der Waals surface area (Å²) in [6.45, 7) is 7.65. The van der Waals surface area contributed by atoms with E-state index in [1.807, 2.05) is 31.2 Å². The molecule has 0 aliphatic carbocycles. The van der Waals surface area contributed by atoms with Crippen molar-refractivity contribution in [3.63, 3.8) is 0 Å². The van der Waals surface area contributed by atoms with E-state index in [-0.39, 0.29) is 12.2 Å². The Bertz CT molecular complexity index is 899. The average Bonchev–Trinajstić information content (AvgIpc) is 2.78. The van der Waals surface area contributed by atoms with Crippen molar-refractivity contribution in [1.29, 1.82) is 0 Å². The van der Waals surface area contributed by atoms with Gasteiger partial charge in [-0.3, -0.25) is 9.59 Å². The van der Waals surface area contributed by atoms with Crippen LogP contribution in [0.25, 0.3) is 0 Å². The third-order valence-electron chi connectivity index (χ3n) is 5.01. The first kappa shape index (κ1) is 19.6. The second kappa shape index (κ2) is 6.77. The minimum Gasteiger partial charge on any atom is -0.375 e. The van der Waals surface area contributed by atoms with E-state index in [9.17, 15) is 14.7 Å². The molecular formula is C22H24ClNO3. The maximum atomic E-state index is 13.2. The number of benzene rings is 2. The quantitative estimate of drug-likeness (QED) is 0.849. The molecule has 1 aliphatic rings. The molecule has 0 saturated heterocycles. The molecule has 1 unspecified atom stereocenters. The number of amides is 1. The molecule has 3 rings (SSSR count). The van der Waals surface area contributed by atoms with Gasteiger partial charge in [0, 0.05) is 22.4 Å². The number of Topliss-reactive ketones (excluding diaryl/α,β-unsaturated/α-hetero) is 1. The van der Waals surface area contributed by atoms with Crippen LogP contribution in [0.15, 0.2) is 42.5 Å². The monoisotopic (exact) mass is 385 g/mol. The molecule has 142 valence electrons. The van der Waals surface area contributed by atoms with Crippen LogP contribution in [0.4, 0.5) is 5.69 Å². The van der Waals surface area contributed by atoms with Crippen molar-refractivity contribution in [2.75, 3.05) is 4.90 Å². The standard InChI is InChI=1S/C22H24ClNO3/c1-14-5-7-15(8-6-14)13-24-18-10-9-16(23)11-17(18)22(27,20(24)26)12-19(25)21(2,3)4/h5-11,27H,12-13H2,1-4H3. The highest BCUT2D eigenvalue weighted by molar-refractivity contribution is 6.31. The SMILES string of the molecule is Cc1ccc(CN2C(=O)C(O)(CC(=O)C(C)(C)C)c3cc(Cl)ccc32)cc1. The van der Waals surface area contributed by atoms with E-state index in [1.54, 1.807) is 39.0 Å². The van der Waals surface area contributed by atoms with Crippen LogP contribution in [0.3, 0.4) is 0 Å². The second-order valence-corrected chi connectivity index (χ2v) is 8.69. The number of carbonyl (C=O) groups excluding carboxylic acids is 2. The fourth-order valence-electron chi connectivity index (χ4n) is 3.22. The number of anilines is 1. The van der Waals surface area contributed by atoms with Crippen molar-refractivity contribution >= 4 is 29.0 Å². The lowest BCUT2D eigenvalue weighted by Gasteiger charge is -2.26. The predicted octanol–water partition coefficient (Wildman–Crippen LogP) is 4.39. The molecule has 1 N–H and O–H groups in total. The fraction of sp³-hybridized carbons (Fsp3) is 0.364. The van der Waals surface area contributed by atoms with Crippen molar-refractivity contribution in [1.82, 2.24) is 0 Å². The molecule has 5 heteroatoms. The van der Waals surface area contributed by atoms with Crippen LogP contribution >= 0.6 is 11.6 Å². The summed E-state index contributed by atoms with van der Waals surface area (Å²) in [7, 11) is 0. The Hall–Kier alpha value is -2.17. The van der Waals surface area contributed by atoms with Gasteiger partial charge in [-0.05, 0) is 30.7 Å². The van der Waals surface area contributed by atoms with E-state index >= 15 is 0 Å². The molecule has 27 heavy (non-hydrogen) atoms.